The van der Waals surface area contributed by atoms with Crippen LogP contribution in [-0.4, -0.2) is 34.9 Å². The predicted octanol–water partition coefficient (Wildman–Crippen LogP) is 7.00. The first-order valence-electron chi connectivity index (χ1n) is 11.9. The van der Waals surface area contributed by atoms with E-state index in [1.165, 1.54) is 4.90 Å². The van der Waals surface area contributed by atoms with Gasteiger partial charge in [-0.05, 0) is 69.2 Å². The molecule has 0 aromatic heterocycles. The summed E-state index contributed by atoms with van der Waals surface area (Å²) in [5.41, 5.74) is 1.98. The molecule has 0 radical (unpaired) electrons. The van der Waals surface area contributed by atoms with Crippen molar-refractivity contribution in [3.05, 3.63) is 97.9 Å². The Labute approximate surface area is 237 Å². The normalized spacial score (nSPS) is 12.1. The Kier molecular flexibility index (Phi) is 10.0. The highest BCUT2D eigenvalue weighted by Crippen LogP contribution is 2.28. The van der Waals surface area contributed by atoms with Gasteiger partial charge in [-0.1, -0.05) is 75.5 Å². The van der Waals surface area contributed by atoms with Crippen LogP contribution in [0.1, 0.15) is 37.5 Å². The maximum Gasteiger partial charge on any atom is 0.261 e. The van der Waals surface area contributed by atoms with Crippen LogP contribution < -0.4 is 10.1 Å². The van der Waals surface area contributed by atoms with Gasteiger partial charge in [0.1, 0.15) is 11.8 Å². The van der Waals surface area contributed by atoms with Gasteiger partial charge in [0.2, 0.25) is 5.91 Å². The Balaban J connectivity index is 1.98. The van der Waals surface area contributed by atoms with Crippen LogP contribution in [0.3, 0.4) is 0 Å². The van der Waals surface area contributed by atoms with Crippen LogP contribution in [0.2, 0.25) is 10.0 Å². The van der Waals surface area contributed by atoms with E-state index in [4.69, 9.17) is 27.9 Å². The number of nitrogens with one attached hydrogen (secondary N) is 1. The van der Waals surface area contributed by atoms with Crippen molar-refractivity contribution in [3.63, 3.8) is 0 Å². The number of halogens is 3. The van der Waals surface area contributed by atoms with E-state index in [2.05, 4.69) is 21.2 Å². The molecular formula is C29H31BrCl2N2O3. The summed E-state index contributed by atoms with van der Waals surface area (Å²) >= 11 is 16.4. The van der Waals surface area contributed by atoms with Crippen LogP contribution in [0.15, 0.2) is 71.2 Å². The standard InChI is InChI=1S/C29H31BrCl2N2O3/c1-19-15-21(13-14-23(19)30)37-18-27(35)34(17-22-24(31)11-8-12-25(22)32)26(28(36)33-29(2,3)4)16-20-9-6-5-7-10-20/h5-15,26H,16-18H2,1-4H3,(H,33,36). The van der Waals surface area contributed by atoms with Gasteiger partial charge in [-0.2, -0.15) is 0 Å². The zero-order valence-corrected chi connectivity index (χ0v) is 24.5. The molecule has 0 aliphatic rings. The Bertz CT molecular complexity index is 1230. The van der Waals surface area contributed by atoms with Gasteiger partial charge in [0.15, 0.2) is 6.61 Å². The fraction of sp³-hybridized carbons (Fsp3) is 0.310. The van der Waals surface area contributed by atoms with Crippen molar-refractivity contribution in [1.82, 2.24) is 10.2 Å². The summed E-state index contributed by atoms with van der Waals surface area (Å²) in [7, 11) is 0. The smallest absolute Gasteiger partial charge is 0.261 e. The molecule has 0 aliphatic carbocycles. The van der Waals surface area contributed by atoms with Crippen LogP contribution in [0.5, 0.6) is 5.75 Å². The van der Waals surface area contributed by atoms with Crippen molar-refractivity contribution in [1.29, 1.82) is 0 Å². The molecule has 1 N–H and O–H groups in total. The van der Waals surface area contributed by atoms with Gasteiger partial charge >= 0.3 is 0 Å². The van der Waals surface area contributed by atoms with Crippen LogP contribution in [0.25, 0.3) is 0 Å². The van der Waals surface area contributed by atoms with Crippen molar-refractivity contribution < 1.29 is 14.3 Å². The number of hydrogen-bond donors (Lipinski definition) is 1. The lowest BCUT2D eigenvalue weighted by molar-refractivity contribution is -0.143. The molecule has 3 aromatic carbocycles. The molecule has 0 spiro atoms. The zero-order valence-electron chi connectivity index (χ0n) is 21.4. The second kappa shape index (κ2) is 12.8. The number of rotatable bonds is 9. The lowest BCUT2D eigenvalue weighted by Gasteiger charge is -2.34. The Morgan fingerprint density at radius 2 is 1.65 bits per heavy atom. The third kappa shape index (κ3) is 8.49. The molecule has 5 nitrogen and oxygen atoms in total. The molecule has 196 valence electrons. The third-order valence-electron chi connectivity index (χ3n) is 5.65. The number of carbonyl (C=O) groups excluding carboxylic acids is 2. The molecule has 1 unspecified atom stereocenters. The van der Waals surface area contributed by atoms with Crippen molar-refractivity contribution in [2.45, 2.75) is 52.2 Å². The summed E-state index contributed by atoms with van der Waals surface area (Å²) in [5.74, 6) is -0.0718. The Morgan fingerprint density at radius 3 is 2.24 bits per heavy atom. The van der Waals surface area contributed by atoms with Gasteiger partial charge in [-0.25, -0.2) is 0 Å². The highest BCUT2D eigenvalue weighted by atomic mass is 79.9. The summed E-state index contributed by atoms with van der Waals surface area (Å²) in [6.45, 7) is 7.45. The van der Waals surface area contributed by atoms with E-state index in [1.54, 1.807) is 24.3 Å². The molecular weight excluding hydrogens is 575 g/mol. The molecule has 37 heavy (non-hydrogen) atoms. The van der Waals surface area contributed by atoms with E-state index >= 15 is 0 Å². The van der Waals surface area contributed by atoms with E-state index in [9.17, 15) is 9.59 Å². The molecule has 1 atom stereocenters. The van der Waals surface area contributed by atoms with Gasteiger partial charge < -0.3 is 15.0 Å². The van der Waals surface area contributed by atoms with E-state index in [0.29, 0.717) is 27.8 Å². The number of nitrogens with zero attached hydrogens (tertiary/aromatic N) is 1. The van der Waals surface area contributed by atoms with Crippen LogP contribution >= 0.6 is 39.1 Å². The zero-order chi connectivity index (χ0) is 27.2. The second-order valence-corrected chi connectivity index (χ2v) is 11.5. The summed E-state index contributed by atoms with van der Waals surface area (Å²) in [6.07, 6.45) is 0.313. The van der Waals surface area contributed by atoms with Gasteiger partial charge in [0, 0.05) is 38.6 Å². The molecule has 8 heteroatoms. The predicted molar refractivity (Wildman–Crippen MR) is 153 cm³/mol. The summed E-state index contributed by atoms with van der Waals surface area (Å²) < 4.78 is 6.80. The van der Waals surface area contributed by atoms with Crippen molar-refractivity contribution in [3.8, 4) is 5.75 Å². The number of amides is 2. The number of ether oxygens (including phenoxy) is 1. The topological polar surface area (TPSA) is 58.6 Å². The molecule has 3 aromatic rings. The molecule has 0 bridgehead atoms. The van der Waals surface area contributed by atoms with Gasteiger partial charge in [0.25, 0.3) is 5.91 Å². The Hall–Kier alpha value is -2.54. The monoisotopic (exact) mass is 604 g/mol. The molecule has 0 fully saturated rings. The SMILES string of the molecule is Cc1cc(OCC(=O)N(Cc2c(Cl)cccc2Cl)C(Cc2ccccc2)C(=O)NC(C)(C)C)ccc1Br. The Morgan fingerprint density at radius 1 is 1.00 bits per heavy atom. The van der Waals surface area contributed by atoms with E-state index in [-0.39, 0.29) is 25.0 Å². The van der Waals surface area contributed by atoms with E-state index in [0.717, 1.165) is 15.6 Å². The first kappa shape index (κ1) is 29.0. The minimum atomic E-state index is -0.822. The minimum absolute atomic E-state index is 0.0507. The number of carbonyl (C=O) groups is 2. The number of aryl methyl sites for hydroxylation is 1. The molecule has 0 saturated carbocycles. The highest BCUT2D eigenvalue weighted by Gasteiger charge is 2.33. The second-order valence-electron chi connectivity index (χ2n) is 9.87. The first-order valence-corrected chi connectivity index (χ1v) is 13.5. The van der Waals surface area contributed by atoms with Crippen molar-refractivity contribution in [2.24, 2.45) is 0 Å². The fourth-order valence-electron chi connectivity index (χ4n) is 3.80. The fourth-order valence-corrected chi connectivity index (χ4v) is 4.56. The number of hydrogen-bond acceptors (Lipinski definition) is 3. The quantitative estimate of drug-likeness (QED) is 0.286. The highest BCUT2D eigenvalue weighted by molar-refractivity contribution is 9.10. The number of benzene rings is 3. The molecule has 0 saturated heterocycles. The molecule has 0 aliphatic heterocycles. The lowest BCUT2D eigenvalue weighted by atomic mass is 10.0. The van der Waals surface area contributed by atoms with E-state index < -0.39 is 11.6 Å². The third-order valence-corrected chi connectivity index (χ3v) is 7.25. The van der Waals surface area contributed by atoms with Crippen molar-refractivity contribution >= 4 is 50.9 Å². The summed E-state index contributed by atoms with van der Waals surface area (Å²) in [4.78, 5) is 28.8. The summed E-state index contributed by atoms with van der Waals surface area (Å²) in [6, 6.07) is 19.4. The van der Waals surface area contributed by atoms with Gasteiger partial charge in [-0.15, -0.1) is 0 Å². The largest absolute Gasteiger partial charge is 0.484 e. The molecule has 0 heterocycles. The van der Waals surface area contributed by atoms with Crippen LogP contribution in [0, 0.1) is 6.92 Å². The molecule has 3 rings (SSSR count). The first-order chi connectivity index (χ1) is 17.4. The maximum atomic E-state index is 13.7. The van der Waals surface area contributed by atoms with E-state index in [1.807, 2.05) is 70.2 Å². The average Bonchev–Trinajstić information content (AvgIpc) is 2.83. The van der Waals surface area contributed by atoms with Gasteiger partial charge in [-0.3, -0.25) is 9.59 Å². The van der Waals surface area contributed by atoms with Crippen LogP contribution in [0.4, 0.5) is 0 Å². The van der Waals surface area contributed by atoms with Gasteiger partial charge in [0.05, 0.1) is 0 Å². The van der Waals surface area contributed by atoms with Crippen molar-refractivity contribution in [2.75, 3.05) is 6.61 Å². The minimum Gasteiger partial charge on any atom is -0.484 e. The maximum absolute atomic E-state index is 13.7. The molecule has 2 amide bonds. The average molecular weight is 606 g/mol. The summed E-state index contributed by atoms with van der Waals surface area (Å²) in [5, 5.41) is 3.87. The lowest BCUT2D eigenvalue weighted by Crippen LogP contribution is -2.55. The van der Waals surface area contributed by atoms with Crippen LogP contribution in [-0.2, 0) is 22.6 Å².